The standard InChI is InChI=1S/C18H35NO2/c1-6-19(7-2)10-11-20-12-13-21-16-14-15-8-9-18(16,5)17(15,3)4/h15-16H,6-14H2,1-5H3. The molecule has 3 unspecified atom stereocenters. The zero-order chi connectivity index (χ0) is 15.5. The second-order valence-electron chi connectivity index (χ2n) is 7.61. The summed E-state index contributed by atoms with van der Waals surface area (Å²) < 4.78 is 11.9. The molecular weight excluding hydrogens is 262 g/mol. The van der Waals surface area contributed by atoms with E-state index in [2.05, 4.69) is 39.5 Å². The van der Waals surface area contributed by atoms with Crippen LogP contribution in [0.2, 0.25) is 0 Å². The number of fused-ring (bicyclic) bond motifs is 2. The molecule has 3 atom stereocenters. The van der Waals surface area contributed by atoms with Crippen molar-refractivity contribution in [3.63, 3.8) is 0 Å². The summed E-state index contributed by atoms with van der Waals surface area (Å²) in [5.41, 5.74) is 0.820. The van der Waals surface area contributed by atoms with E-state index in [9.17, 15) is 0 Å². The quantitative estimate of drug-likeness (QED) is 0.607. The Balaban J connectivity index is 1.62. The number of nitrogens with zero attached hydrogens (tertiary/aromatic N) is 1. The Bertz CT molecular complexity index is 327. The molecule has 21 heavy (non-hydrogen) atoms. The Morgan fingerprint density at radius 2 is 1.76 bits per heavy atom. The highest BCUT2D eigenvalue weighted by Crippen LogP contribution is 2.66. The fraction of sp³-hybridized carbons (Fsp3) is 1.00. The Morgan fingerprint density at radius 3 is 2.29 bits per heavy atom. The second-order valence-corrected chi connectivity index (χ2v) is 7.61. The van der Waals surface area contributed by atoms with Gasteiger partial charge in [0.25, 0.3) is 0 Å². The molecule has 2 rings (SSSR count). The average Bonchev–Trinajstić information content (AvgIpc) is 2.79. The number of rotatable bonds is 9. The number of hydrogen-bond acceptors (Lipinski definition) is 3. The third kappa shape index (κ3) is 3.30. The van der Waals surface area contributed by atoms with Gasteiger partial charge in [-0.05, 0) is 49.1 Å². The van der Waals surface area contributed by atoms with Gasteiger partial charge in [0.2, 0.25) is 0 Å². The van der Waals surface area contributed by atoms with E-state index in [-0.39, 0.29) is 0 Å². The van der Waals surface area contributed by atoms with Gasteiger partial charge in [0.05, 0.1) is 25.9 Å². The maximum atomic E-state index is 6.20. The highest BCUT2D eigenvalue weighted by molar-refractivity contribution is 5.11. The van der Waals surface area contributed by atoms with Crippen molar-refractivity contribution in [1.29, 1.82) is 0 Å². The average molecular weight is 297 g/mol. The molecule has 0 N–H and O–H groups in total. The number of ether oxygens (including phenoxy) is 2. The smallest absolute Gasteiger partial charge is 0.0704 e. The van der Waals surface area contributed by atoms with Crippen LogP contribution in [0.3, 0.4) is 0 Å². The molecule has 0 spiro atoms. The molecule has 0 saturated heterocycles. The lowest BCUT2D eigenvalue weighted by Crippen LogP contribution is -2.37. The zero-order valence-corrected chi connectivity index (χ0v) is 14.8. The van der Waals surface area contributed by atoms with Gasteiger partial charge in [0.15, 0.2) is 0 Å². The summed E-state index contributed by atoms with van der Waals surface area (Å²) in [5, 5.41) is 0. The highest BCUT2D eigenvalue weighted by atomic mass is 16.5. The van der Waals surface area contributed by atoms with E-state index in [4.69, 9.17) is 9.47 Å². The van der Waals surface area contributed by atoms with Crippen molar-refractivity contribution in [2.45, 2.75) is 60.0 Å². The first-order valence-corrected chi connectivity index (χ1v) is 8.87. The van der Waals surface area contributed by atoms with Crippen molar-refractivity contribution < 1.29 is 9.47 Å². The molecule has 2 aliphatic rings. The predicted molar refractivity (Wildman–Crippen MR) is 87.6 cm³/mol. The molecule has 0 amide bonds. The molecule has 2 bridgehead atoms. The molecule has 124 valence electrons. The lowest BCUT2D eigenvalue weighted by Gasteiger charge is -2.38. The lowest BCUT2D eigenvalue weighted by molar-refractivity contribution is -0.0653. The van der Waals surface area contributed by atoms with Gasteiger partial charge < -0.3 is 14.4 Å². The first kappa shape index (κ1) is 17.2. The van der Waals surface area contributed by atoms with Gasteiger partial charge in [-0.1, -0.05) is 34.6 Å². The summed E-state index contributed by atoms with van der Waals surface area (Å²) in [5.74, 6) is 0.857. The van der Waals surface area contributed by atoms with Crippen LogP contribution in [0.1, 0.15) is 53.9 Å². The van der Waals surface area contributed by atoms with Crippen LogP contribution in [0, 0.1) is 16.7 Å². The van der Waals surface area contributed by atoms with Gasteiger partial charge in [-0.25, -0.2) is 0 Å². The van der Waals surface area contributed by atoms with Crippen LogP contribution in [-0.4, -0.2) is 50.5 Å². The second kappa shape index (κ2) is 6.97. The molecule has 3 heteroatoms. The molecule has 0 aromatic carbocycles. The summed E-state index contributed by atoms with van der Waals surface area (Å²) in [6.07, 6.45) is 4.42. The lowest BCUT2D eigenvalue weighted by atomic mass is 9.70. The third-order valence-corrected chi connectivity index (χ3v) is 6.71. The number of likely N-dealkylation sites (N-methyl/N-ethyl adjacent to an activating group) is 1. The summed E-state index contributed by atoms with van der Waals surface area (Å²) in [7, 11) is 0. The van der Waals surface area contributed by atoms with Gasteiger partial charge in [0.1, 0.15) is 0 Å². The van der Waals surface area contributed by atoms with E-state index in [0.717, 1.165) is 45.4 Å². The summed E-state index contributed by atoms with van der Waals surface area (Å²) in [4.78, 5) is 2.39. The number of hydrogen-bond donors (Lipinski definition) is 0. The van der Waals surface area contributed by atoms with Crippen molar-refractivity contribution in [3.05, 3.63) is 0 Å². The summed E-state index contributed by atoms with van der Waals surface area (Å²) in [6, 6.07) is 0. The Hall–Kier alpha value is -0.120. The molecule has 0 radical (unpaired) electrons. The van der Waals surface area contributed by atoms with Crippen molar-refractivity contribution in [1.82, 2.24) is 4.90 Å². The first-order valence-electron chi connectivity index (χ1n) is 8.87. The fourth-order valence-corrected chi connectivity index (χ4v) is 4.47. The Morgan fingerprint density at radius 1 is 1.05 bits per heavy atom. The van der Waals surface area contributed by atoms with Crippen molar-refractivity contribution in [2.75, 3.05) is 39.5 Å². The zero-order valence-electron chi connectivity index (χ0n) is 14.8. The molecule has 0 aromatic rings. The van der Waals surface area contributed by atoms with Crippen molar-refractivity contribution in [2.24, 2.45) is 16.7 Å². The van der Waals surface area contributed by atoms with E-state index in [1.807, 2.05) is 0 Å². The minimum absolute atomic E-state index is 0.374. The molecule has 3 nitrogen and oxygen atoms in total. The molecule has 2 aliphatic carbocycles. The largest absolute Gasteiger partial charge is 0.378 e. The van der Waals surface area contributed by atoms with Gasteiger partial charge in [0, 0.05) is 6.54 Å². The first-order chi connectivity index (χ1) is 9.95. The Labute approximate surface area is 131 Å². The molecule has 0 aromatic heterocycles. The monoisotopic (exact) mass is 297 g/mol. The van der Waals surface area contributed by atoms with Crippen LogP contribution in [-0.2, 0) is 9.47 Å². The predicted octanol–water partition coefficient (Wildman–Crippen LogP) is 3.58. The van der Waals surface area contributed by atoms with Crippen molar-refractivity contribution >= 4 is 0 Å². The molecule has 2 fully saturated rings. The fourth-order valence-electron chi connectivity index (χ4n) is 4.47. The van der Waals surface area contributed by atoms with Crippen LogP contribution in [0.15, 0.2) is 0 Å². The van der Waals surface area contributed by atoms with Crippen LogP contribution in [0.4, 0.5) is 0 Å². The van der Waals surface area contributed by atoms with Gasteiger partial charge in [-0.3, -0.25) is 0 Å². The topological polar surface area (TPSA) is 21.7 Å². The van der Waals surface area contributed by atoms with E-state index >= 15 is 0 Å². The van der Waals surface area contributed by atoms with Gasteiger partial charge in [-0.2, -0.15) is 0 Å². The minimum atomic E-state index is 0.374. The molecule has 0 aliphatic heterocycles. The summed E-state index contributed by atoms with van der Waals surface area (Å²) in [6.45, 7) is 17.3. The highest BCUT2D eigenvalue weighted by Gasteiger charge is 2.61. The maximum absolute atomic E-state index is 6.20. The van der Waals surface area contributed by atoms with E-state index in [0.29, 0.717) is 16.9 Å². The van der Waals surface area contributed by atoms with Crippen molar-refractivity contribution in [3.8, 4) is 0 Å². The van der Waals surface area contributed by atoms with E-state index in [1.54, 1.807) is 0 Å². The molecule has 2 saturated carbocycles. The third-order valence-electron chi connectivity index (χ3n) is 6.71. The van der Waals surface area contributed by atoms with Crippen LogP contribution in [0.5, 0.6) is 0 Å². The van der Waals surface area contributed by atoms with Crippen LogP contribution >= 0.6 is 0 Å². The van der Waals surface area contributed by atoms with E-state index in [1.165, 1.54) is 19.3 Å². The van der Waals surface area contributed by atoms with E-state index < -0.39 is 0 Å². The van der Waals surface area contributed by atoms with Crippen LogP contribution < -0.4 is 0 Å². The SMILES string of the molecule is CCN(CC)CCOCCOC1CC2CCC1(C)C2(C)C. The van der Waals surface area contributed by atoms with Gasteiger partial charge in [-0.15, -0.1) is 0 Å². The molecule has 0 heterocycles. The normalized spacial score (nSPS) is 34.0. The Kier molecular flexibility index (Phi) is 5.72. The van der Waals surface area contributed by atoms with Gasteiger partial charge >= 0.3 is 0 Å². The summed E-state index contributed by atoms with van der Waals surface area (Å²) >= 11 is 0. The maximum Gasteiger partial charge on any atom is 0.0704 e. The van der Waals surface area contributed by atoms with Crippen LogP contribution in [0.25, 0.3) is 0 Å². The minimum Gasteiger partial charge on any atom is -0.378 e. The molecular formula is C18H35NO2.